The van der Waals surface area contributed by atoms with Crippen LogP contribution < -0.4 is 0 Å². The predicted octanol–water partition coefficient (Wildman–Crippen LogP) is 2.31. The van der Waals surface area contributed by atoms with Gasteiger partial charge in [0, 0.05) is 6.42 Å². The lowest BCUT2D eigenvalue weighted by molar-refractivity contribution is -0.150. The van der Waals surface area contributed by atoms with E-state index < -0.39 is 0 Å². The van der Waals surface area contributed by atoms with Crippen LogP contribution in [0.3, 0.4) is 0 Å². The number of carbonyl (C=O) groups is 2. The van der Waals surface area contributed by atoms with Crippen molar-refractivity contribution < 1.29 is 19.1 Å². The van der Waals surface area contributed by atoms with Crippen LogP contribution in [0.1, 0.15) is 46.5 Å². The average molecular weight is 230 g/mol. The maximum absolute atomic E-state index is 11.3. The van der Waals surface area contributed by atoms with Gasteiger partial charge in [0.05, 0.1) is 19.1 Å². The van der Waals surface area contributed by atoms with Crippen molar-refractivity contribution in [3.63, 3.8) is 0 Å². The highest BCUT2D eigenvalue weighted by Crippen LogP contribution is 2.04. The van der Waals surface area contributed by atoms with Crippen molar-refractivity contribution in [1.29, 1.82) is 0 Å². The number of carbonyl (C=O) groups excluding carboxylic acids is 2. The van der Waals surface area contributed by atoms with E-state index in [9.17, 15) is 9.59 Å². The van der Waals surface area contributed by atoms with Crippen molar-refractivity contribution in [1.82, 2.24) is 0 Å². The first-order valence-electron chi connectivity index (χ1n) is 5.94. The highest BCUT2D eigenvalue weighted by atomic mass is 16.5. The number of ether oxygens (including phenoxy) is 2. The lowest BCUT2D eigenvalue weighted by Gasteiger charge is -2.08. The smallest absolute Gasteiger partial charge is 0.308 e. The van der Waals surface area contributed by atoms with Crippen molar-refractivity contribution in [3.8, 4) is 0 Å². The molecule has 1 atom stereocenters. The normalized spacial score (nSPS) is 11.9. The van der Waals surface area contributed by atoms with E-state index in [0.29, 0.717) is 26.1 Å². The highest BCUT2D eigenvalue weighted by molar-refractivity contribution is 5.72. The first kappa shape index (κ1) is 14.9. The minimum absolute atomic E-state index is 0.0629. The molecule has 4 heteroatoms. The van der Waals surface area contributed by atoms with Crippen molar-refractivity contribution in [3.05, 3.63) is 0 Å². The van der Waals surface area contributed by atoms with Gasteiger partial charge < -0.3 is 9.47 Å². The van der Waals surface area contributed by atoms with Gasteiger partial charge >= 0.3 is 11.9 Å². The number of esters is 2. The van der Waals surface area contributed by atoms with E-state index >= 15 is 0 Å². The van der Waals surface area contributed by atoms with Crippen LogP contribution in [-0.2, 0) is 19.1 Å². The summed E-state index contributed by atoms with van der Waals surface area (Å²) in [6.07, 6.45) is 2.45. The lowest BCUT2D eigenvalue weighted by atomic mass is 10.1. The minimum atomic E-state index is -0.221. The lowest BCUT2D eigenvalue weighted by Crippen LogP contribution is -2.15. The van der Waals surface area contributed by atoms with Gasteiger partial charge in [0.15, 0.2) is 0 Å². The number of hydrogen-bond acceptors (Lipinski definition) is 4. The van der Waals surface area contributed by atoms with Crippen LogP contribution in [0.5, 0.6) is 0 Å². The highest BCUT2D eigenvalue weighted by Gasteiger charge is 2.11. The Morgan fingerprint density at radius 3 is 2.38 bits per heavy atom. The van der Waals surface area contributed by atoms with Gasteiger partial charge in [-0.3, -0.25) is 9.59 Å². The maximum Gasteiger partial charge on any atom is 0.308 e. The standard InChI is InChI=1S/C12H22O4/c1-4-8-15-11(13)7-6-9-16-12(14)10(3)5-2/h10H,4-9H2,1-3H3. The molecule has 0 aromatic carbocycles. The molecule has 16 heavy (non-hydrogen) atoms. The maximum atomic E-state index is 11.3. The summed E-state index contributed by atoms with van der Waals surface area (Å²) >= 11 is 0. The van der Waals surface area contributed by atoms with Crippen LogP contribution >= 0.6 is 0 Å². The van der Waals surface area contributed by atoms with Gasteiger partial charge in [0.2, 0.25) is 0 Å². The Morgan fingerprint density at radius 2 is 1.81 bits per heavy atom. The summed E-state index contributed by atoms with van der Waals surface area (Å²) in [5, 5.41) is 0. The molecule has 0 spiro atoms. The van der Waals surface area contributed by atoms with Crippen LogP contribution in [0.2, 0.25) is 0 Å². The third kappa shape index (κ3) is 7.26. The van der Waals surface area contributed by atoms with Crippen molar-refractivity contribution in [2.45, 2.75) is 46.5 Å². The van der Waals surface area contributed by atoms with Crippen LogP contribution in [0.4, 0.5) is 0 Å². The minimum Gasteiger partial charge on any atom is -0.466 e. The van der Waals surface area contributed by atoms with Crippen molar-refractivity contribution >= 4 is 11.9 Å². The second kappa shape index (κ2) is 9.19. The van der Waals surface area contributed by atoms with E-state index in [1.807, 2.05) is 20.8 Å². The fourth-order valence-corrected chi connectivity index (χ4v) is 0.986. The molecule has 0 amide bonds. The third-order valence-corrected chi connectivity index (χ3v) is 2.25. The molecule has 0 aromatic heterocycles. The fourth-order valence-electron chi connectivity index (χ4n) is 0.986. The predicted molar refractivity (Wildman–Crippen MR) is 60.9 cm³/mol. The van der Waals surface area contributed by atoms with Gasteiger partial charge in [0.25, 0.3) is 0 Å². The fraction of sp³-hybridized carbons (Fsp3) is 0.833. The zero-order chi connectivity index (χ0) is 12.4. The van der Waals surface area contributed by atoms with Gasteiger partial charge in [-0.15, -0.1) is 0 Å². The quantitative estimate of drug-likeness (QED) is 0.474. The molecule has 0 N–H and O–H groups in total. The summed E-state index contributed by atoms with van der Waals surface area (Å²) in [5.41, 5.74) is 0. The summed E-state index contributed by atoms with van der Waals surface area (Å²) in [6.45, 7) is 6.48. The molecular weight excluding hydrogens is 208 g/mol. The van der Waals surface area contributed by atoms with Crippen molar-refractivity contribution in [2.24, 2.45) is 5.92 Å². The van der Waals surface area contributed by atoms with Gasteiger partial charge in [-0.2, -0.15) is 0 Å². The molecule has 0 rings (SSSR count). The van der Waals surface area contributed by atoms with Crippen molar-refractivity contribution in [2.75, 3.05) is 13.2 Å². The molecule has 0 aliphatic carbocycles. The molecule has 0 aliphatic rings. The molecule has 0 saturated heterocycles. The molecule has 4 nitrogen and oxygen atoms in total. The SMILES string of the molecule is CCCOC(=O)CCCOC(=O)C(C)CC. The second-order valence-corrected chi connectivity index (χ2v) is 3.80. The van der Waals surface area contributed by atoms with E-state index in [4.69, 9.17) is 9.47 Å². The Bertz CT molecular complexity index is 213. The molecule has 0 fully saturated rings. The molecule has 0 aromatic rings. The molecule has 0 radical (unpaired) electrons. The Kier molecular flexibility index (Phi) is 8.58. The van der Waals surface area contributed by atoms with Gasteiger partial charge in [0.1, 0.15) is 0 Å². The molecule has 0 aliphatic heterocycles. The summed E-state index contributed by atoms with van der Waals surface area (Å²) in [4.78, 5) is 22.3. The van der Waals surface area contributed by atoms with Crippen LogP contribution in [-0.4, -0.2) is 25.2 Å². The molecule has 94 valence electrons. The zero-order valence-electron chi connectivity index (χ0n) is 10.5. The third-order valence-electron chi connectivity index (χ3n) is 2.25. The van der Waals surface area contributed by atoms with Gasteiger partial charge in [-0.1, -0.05) is 20.8 Å². The van der Waals surface area contributed by atoms with E-state index in [1.54, 1.807) is 0 Å². The summed E-state index contributed by atoms with van der Waals surface area (Å²) in [7, 11) is 0. The van der Waals surface area contributed by atoms with Gasteiger partial charge in [-0.05, 0) is 19.3 Å². The summed E-state index contributed by atoms with van der Waals surface area (Å²) < 4.78 is 9.89. The van der Waals surface area contributed by atoms with E-state index in [0.717, 1.165) is 12.8 Å². The molecule has 1 unspecified atom stereocenters. The van der Waals surface area contributed by atoms with Gasteiger partial charge in [-0.25, -0.2) is 0 Å². The first-order chi connectivity index (χ1) is 7.61. The van der Waals surface area contributed by atoms with E-state index in [2.05, 4.69) is 0 Å². The molecule has 0 heterocycles. The van der Waals surface area contributed by atoms with Crippen LogP contribution in [0, 0.1) is 5.92 Å². The van der Waals surface area contributed by atoms with E-state index in [1.165, 1.54) is 0 Å². The Morgan fingerprint density at radius 1 is 1.12 bits per heavy atom. The summed E-state index contributed by atoms with van der Waals surface area (Å²) in [6, 6.07) is 0. The Hall–Kier alpha value is -1.06. The zero-order valence-corrected chi connectivity index (χ0v) is 10.5. The monoisotopic (exact) mass is 230 g/mol. The number of rotatable bonds is 8. The first-order valence-corrected chi connectivity index (χ1v) is 5.94. The molecule has 0 bridgehead atoms. The second-order valence-electron chi connectivity index (χ2n) is 3.80. The van der Waals surface area contributed by atoms with E-state index in [-0.39, 0.29) is 17.9 Å². The summed E-state index contributed by atoms with van der Waals surface area (Å²) in [5.74, 6) is -0.474. The topological polar surface area (TPSA) is 52.6 Å². The Balaban J connectivity index is 3.45. The largest absolute Gasteiger partial charge is 0.466 e. The Labute approximate surface area is 97.3 Å². The average Bonchev–Trinajstić information content (AvgIpc) is 2.30. The van der Waals surface area contributed by atoms with Crippen LogP contribution in [0.15, 0.2) is 0 Å². The number of hydrogen-bond donors (Lipinski definition) is 0. The molecular formula is C12H22O4. The molecule has 0 saturated carbocycles. The van der Waals surface area contributed by atoms with Crippen LogP contribution in [0.25, 0.3) is 0 Å².